The lowest BCUT2D eigenvalue weighted by Crippen LogP contribution is -2.51. The number of nitrogens with zero attached hydrogens (tertiary/aromatic N) is 1. The van der Waals surface area contributed by atoms with Crippen molar-refractivity contribution in [3.05, 3.63) is 101 Å². The van der Waals surface area contributed by atoms with Crippen molar-refractivity contribution >= 4 is 35.2 Å². The van der Waals surface area contributed by atoms with Crippen molar-refractivity contribution < 1.29 is 9.59 Å². The Morgan fingerprint density at radius 1 is 0.886 bits per heavy atom. The maximum atomic E-state index is 13.6. The summed E-state index contributed by atoms with van der Waals surface area (Å²) in [7, 11) is 0. The molecule has 0 aliphatic rings. The van der Waals surface area contributed by atoms with Crippen molar-refractivity contribution in [3.63, 3.8) is 0 Å². The number of carbonyl (C=O) groups excluding carboxylic acids is 2. The largest absolute Gasteiger partial charge is 0.354 e. The zero-order valence-corrected chi connectivity index (χ0v) is 21.9. The summed E-state index contributed by atoms with van der Waals surface area (Å²) in [6.07, 6.45) is 0.802. The number of carbonyl (C=O) groups is 2. The summed E-state index contributed by atoms with van der Waals surface area (Å²) < 4.78 is 0. The van der Waals surface area contributed by atoms with E-state index >= 15 is 0 Å². The molecule has 1 N–H and O–H groups in total. The average molecular weight is 509 g/mol. The highest BCUT2D eigenvalue weighted by Crippen LogP contribution is 2.22. The number of halogens is 1. The van der Waals surface area contributed by atoms with Gasteiger partial charge in [0.15, 0.2) is 0 Å². The van der Waals surface area contributed by atoms with Crippen molar-refractivity contribution in [2.24, 2.45) is 5.92 Å². The Balaban J connectivity index is 1.80. The molecule has 0 heterocycles. The number of amides is 2. The van der Waals surface area contributed by atoms with Gasteiger partial charge in [-0.15, -0.1) is 11.8 Å². The van der Waals surface area contributed by atoms with E-state index in [1.54, 1.807) is 16.7 Å². The van der Waals surface area contributed by atoms with Gasteiger partial charge < -0.3 is 10.2 Å². The fourth-order valence-electron chi connectivity index (χ4n) is 3.69. The predicted octanol–water partition coefficient (Wildman–Crippen LogP) is 6.23. The Morgan fingerprint density at radius 3 is 2.09 bits per heavy atom. The van der Waals surface area contributed by atoms with Crippen LogP contribution in [0.5, 0.6) is 0 Å². The van der Waals surface area contributed by atoms with Gasteiger partial charge in [0.05, 0.1) is 0 Å². The van der Waals surface area contributed by atoms with Gasteiger partial charge in [0.1, 0.15) is 6.04 Å². The first kappa shape index (κ1) is 26.8. The van der Waals surface area contributed by atoms with Gasteiger partial charge in [-0.1, -0.05) is 86.1 Å². The van der Waals surface area contributed by atoms with Gasteiger partial charge >= 0.3 is 0 Å². The molecule has 0 spiro atoms. The molecule has 0 fully saturated rings. The molecular formula is C29H33ClN2O2S. The van der Waals surface area contributed by atoms with Crippen LogP contribution in [0.4, 0.5) is 0 Å². The molecule has 6 heteroatoms. The van der Waals surface area contributed by atoms with Gasteiger partial charge in [-0.05, 0) is 41.3 Å². The van der Waals surface area contributed by atoms with Crippen molar-refractivity contribution in [1.82, 2.24) is 10.2 Å². The number of nitrogens with one attached hydrogen (secondary N) is 1. The first-order valence-corrected chi connectivity index (χ1v) is 13.3. The van der Waals surface area contributed by atoms with Crippen LogP contribution in [0, 0.1) is 5.92 Å². The Morgan fingerprint density at radius 2 is 1.49 bits per heavy atom. The summed E-state index contributed by atoms with van der Waals surface area (Å²) >= 11 is 7.60. The minimum atomic E-state index is -0.593. The van der Waals surface area contributed by atoms with E-state index < -0.39 is 6.04 Å². The minimum absolute atomic E-state index is 0.0315. The molecule has 1 atom stereocenters. The Hall–Kier alpha value is -2.76. The van der Waals surface area contributed by atoms with E-state index in [1.807, 2.05) is 84.9 Å². The van der Waals surface area contributed by atoms with E-state index in [4.69, 9.17) is 11.6 Å². The van der Waals surface area contributed by atoms with Gasteiger partial charge in [-0.2, -0.15) is 0 Å². The van der Waals surface area contributed by atoms with Crippen LogP contribution in [0.25, 0.3) is 0 Å². The molecule has 3 rings (SSSR count). The van der Waals surface area contributed by atoms with Crippen LogP contribution in [-0.4, -0.2) is 35.1 Å². The Kier molecular flexibility index (Phi) is 10.7. The zero-order chi connectivity index (χ0) is 25.0. The van der Waals surface area contributed by atoms with Gasteiger partial charge in [-0.3, -0.25) is 9.59 Å². The molecule has 0 aliphatic carbocycles. The third kappa shape index (κ3) is 9.08. The van der Waals surface area contributed by atoms with E-state index in [-0.39, 0.29) is 11.8 Å². The smallest absolute Gasteiger partial charge is 0.243 e. The second-order valence-electron chi connectivity index (χ2n) is 8.90. The molecule has 0 bridgehead atoms. The molecule has 0 saturated carbocycles. The third-order valence-corrected chi connectivity index (χ3v) is 6.82. The molecule has 0 aromatic heterocycles. The van der Waals surface area contributed by atoms with E-state index in [2.05, 4.69) is 19.2 Å². The van der Waals surface area contributed by atoms with Crippen molar-refractivity contribution in [1.29, 1.82) is 0 Å². The highest BCUT2D eigenvalue weighted by Gasteiger charge is 2.30. The number of rotatable bonds is 12. The summed E-state index contributed by atoms with van der Waals surface area (Å²) in [4.78, 5) is 29.8. The van der Waals surface area contributed by atoms with Gasteiger partial charge in [0, 0.05) is 41.6 Å². The van der Waals surface area contributed by atoms with Crippen LogP contribution in [-0.2, 0) is 22.6 Å². The molecule has 0 aliphatic heterocycles. The van der Waals surface area contributed by atoms with Crippen LogP contribution in [0.2, 0.25) is 5.02 Å². The van der Waals surface area contributed by atoms with E-state index in [0.29, 0.717) is 42.6 Å². The normalized spacial score (nSPS) is 11.8. The molecule has 3 aromatic rings. The number of hydrogen-bond acceptors (Lipinski definition) is 3. The molecule has 184 valence electrons. The molecule has 0 saturated heterocycles. The van der Waals surface area contributed by atoms with Crippen molar-refractivity contribution in [3.8, 4) is 0 Å². The lowest BCUT2D eigenvalue weighted by Gasteiger charge is -2.32. The highest BCUT2D eigenvalue weighted by atomic mass is 35.5. The minimum Gasteiger partial charge on any atom is -0.354 e. The average Bonchev–Trinajstić information content (AvgIpc) is 2.87. The van der Waals surface area contributed by atoms with Crippen LogP contribution in [0.1, 0.15) is 31.4 Å². The Labute approximate surface area is 218 Å². The predicted molar refractivity (Wildman–Crippen MR) is 146 cm³/mol. The quantitative estimate of drug-likeness (QED) is 0.295. The van der Waals surface area contributed by atoms with Crippen LogP contribution in [0.15, 0.2) is 89.8 Å². The molecule has 3 aromatic carbocycles. The molecule has 35 heavy (non-hydrogen) atoms. The zero-order valence-electron chi connectivity index (χ0n) is 20.3. The second-order valence-corrected chi connectivity index (χ2v) is 10.5. The monoisotopic (exact) mass is 508 g/mol. The van der Waals surface area contributed by atoms with Gasteiger partial charge in [0.2, 0.25) is 11.8 Å². The third-order valence-electron chi connectivity index (χ3n) is 5.55. The molecule has 0 unspecified atom stereocenters. The second kappa shape index (κ2) is 14.0. The lowest BCUT2D eigenvalue weighted by molar-refractivity contribution is -0.141. The standard InChI is InChI=1S/C29H33ClN2O2S/c1-22(2)20-31-29(34)27(19-23-9-5-3-6-10-23)32(21-24-11-7-4-8-12-24)28(33)17-18-35-26-15-13-25(30)14-16-26/h3-16,22,27H,17-21H2,1-2H3,(H,31,34)/t27-/m0/s1. The van der Waals surface area contributed by atoms with Crippen molar-refractivity contribution in [2.45, 2.75) is 44.2 Å². The molecule has 4 nitrogen and oxygen atoms in total. The molecule has 2 amide bonds. The van der Waals surface area contributed by atoms with E-state index in [9.17, 15) is 9.59 Å². The number of hydrogen-bond donors (Lipinski definition) is 1. The van der Waals surface area contributed by atoms with Gasteiger partial charge in [-0.25, -0.2) is 0 Å². The fourth-order valence-corrected chi connectivity index (χ4v) is 4.65. The maximum Gasteiger partial charge on any atom is 0.243 e. The number of benzene rings is 3. The molecule has 0 radical (unpaired) electrons. The summed E-state index contributed by atoms with van der Waals surface area (Å²) in [6.45, 7) is 5.09. The van der Waals surface area contributed by atoms with Gasteiger partial charge in [0.25, 0.3) is 0 Å². The van der Waals surface area contributed by atoms with E-state index in [1.165, 1.54) is 0 Å². The summed E-state index contributed by atoms with van der Waals surface area (Å²) in [6, 6.07) is 26.8. The van der Waals surface area contributed by atoms with Crippen LogP contribution >= 0.6 is 23.4 Å². The van der Waals surface area contributed by atoms with Crippen LogP contribution < -0.4 is 5.32 Å². The first-order chi connectivity index (χ1) is 16.9. The summed E-state index contributed by atoms with van der Waals surface area (Å²) in [5, 5.41) is 3.75. The molecular weight excluding hydrogens is 476 g/mol. The topological polar surface area (TPSA) is 49.4 Å². The number of thioether (sulfide) groups is 1. The van der Waals surface area contributed by atoms with E-state index in [0.717, 1.165) is 16.0 Å². The summed E-state index contributed by atoms with van der Waals surface area (Å²) in [5.74, 6) is 0.802. The maximum absolute atomic E-state index is 13.6. The lowest BCUT2D eigenvalue weighted by atomic mass is 10.0. The summed E-state index contributed by atoms with van der Waals surface area (Å²) in [5.41, 5.74) is 2.03. The SMILES string of the molecule is CC(C)CNC(=O)[C@H](Cc1ccccc1)N(Cc1ccccc1)C(=O)CCSc1ccc(Cl)cc1. The Bertz CT molecular complexity index is 1060. The van der Waals surface area contributed by atoms with Crippen LogP contribution in [0.3, 0.4) is 0 Å². The van der Waals surface area contributed by atoms with Crippen molar-refractivity contribution in [2.75, 3.05) is 12.3 Å². The first-order valence-electron chi connectivity index (χ1n) is 12.0. The fraction of sp³-hybridized carbons (Fsp3) is 0.310. The highest BCUT2D eigenvalue weighted by molar-refractivity contribution is 7.99.